The van der Waals surface area contributed by atoms with Crippen LogP contribution < -0.4 is 11.1 Å². The van der Waals surface area contributed by atoms with Crippen molar-refractivity contribution >= 4 is 29.3 Å². The van der Waals surface area contributed by atoms with Crippen LogP contribution in [-0.4, -0.2) is 23.3 Å². The van der Waals surface area contributed by atoms with Crippen LogP contribution in [0.5, 0.6) is 0 Å². The summed E-state index contributed by atoms with van der Waals surface area (Å²) >= 11 is 1.43. The van der Waals surface area contributed by atoms with E-state index >= 15 is 0 Å². The molecule has 0 spiro atoms. The van der Waals surface area contributed by atoms with Crippen molar-refractivity contribution in [3.05, 3.63) is 30.1 Å². The van der Waals surface area contributed by atoms with Crippen molar-refractivity contribution in [3.63, 3.8) is 0 Å². The van der Waals surface area contributed by atoms with Gasteiger partial charge < -0.3 is 11.1 Å². The highest BCUT2D eigenvalue weighted by Gasteiger charge is 2.03. The second-order valence-corrected chi connectivity index (χ2v) is 4.78. The molecule has 3 N–H and O–H groups in total. The summed E-state index contributed by atoms with van der Waals surface area (Å²) in [5.74, 6) is 0.196. The number of primary amides is 1. The van der Waals surface area contributed by atoms with Crippen molar-refractivity contribution in [2.75, 3.05) is 16.8 Å². The number of carbonyl (C=O) groups is 2. The van der Waals surface area contributed by atoms with Crippen molar-refractivity contribution in [1.82, 2.24) is 0 Å². The number of benzene rings is 1. The molecule has 6 heteroatoms. The number of amides is 2. The third-order valence-electron chi connectivity index (χ3n) is 2.07. The minimum Gasteiger partial charge on any atom is -0.370 e. The summed E-state index contributed by atoms with van der Waals surface area (Å²) in [5.41, 5.74) is 5.56. The molecule has 0 radical (unpaired) electrons. The minimum absolute atomic E-state index is 0.148. The van der Waals surface area contributed by atoms with Crippen LogP contribution in [0.25, 0.3) is 0 Å². The van der Waals surface area contributed by atoms with Gasteiger partial charge in [0.25, 0.3) is 0 Å². The van der Waals surface area contributed by atoms with Crippen LogP contribution in [0.4, 0.5) is 10.1 Å². The van der Waals surface area contributed by atoms with E-state index in [1.807, 2.05) is 0 Å². The lowest BCUT2D eigenvalue weighted by Gasteiger charge is -2.04. The lowest BCUT2D eigenvalue weighted by molar-refractivity contribution is -0.118. The van der Waals surface area contributed by atoms with E-state index in [4.69, 9.17) is 5.73 Å². The van der Waals surface area contributed by atoms with Gasteiger partial charge in [-0.05, 0) is 36.4 Å². The first-order valence-corrected chi connectivity index (χ1v) is 6.65. The molecule has 18 heavy (non-hydrogen) atoms. The molecule has 0 aliphatic rings. The Kier molecular flexibility index (Phi) is 6.21. The smallest absolute Gasteiger partial charge is 0.234 e. The number of nitrogens with two attached hydrogens (primary N) is 1. The van der Waals surface area contributed by atoms with Gasteiger partial charge in [-0.15, -0.1) is 0 Å². The molecule has 98 valence electrons. The molecule has 0 atom stereocenters. The average molecular weight is 270 g/mol. The van der Waals surface area contributed by atoms with Gasteiger partial charge in [0.1, 0.15) is 5.82 Å². The lowest BCUT2D eigenvalue weighted by atomic mass is 10.3. The van der Waals surface area contributed by atoms with Crippen LogP contribution in [0.3, 0.4) is 0 Å². The Morgan fingerprint density at radius 3 is 2.56 bits per heavy atom. The van der Waals surface area contributed by atoms with E-state index in [-0.39, 0.29) is 17.6 Å². The zero-order valence-electron chi connectivity index (χ0n) is 9.82. The Morgan fingerprint density at radius 1 is 1.28 bits per heavy atom. The van der Waals surface area contributed by atoms with Gasteiger partial charge in [0.2, 0.25) is 11.8 Å². The molecule has 0 bridgehead atoms. The van der Waals surface area contributed by atoms with Gasteiger partial charge in [-0.1, -0.05) is 0 Å². The van der Waals surface area contributed by atoms with Gasteiger partial charge in [0.05, 0.1) is 5.75 Å². The molecule has 2 amide bonds. The van der Waals surface area contributed by atoms with E-state index in [0.717, 1.165) is 0 Å². The fourth-order valence-corrected chi connectivity index (χ4v) is 1.99. The molecule has 1 aromatic rings. The summed E-state index contributed by atoms with van der Waals surface area (Å²) in [4.78, 5) is 21.9. The predicted octanol–water partition coefficient (Wildman–Crippen LogP) is 1.76. The number of anilines is 1. The summed E-state index contributed by atoms with van der Waals surface area (Å²) < 4.78 is 12.6. The number of carbonyl (C=O) groups excluding carboxylic acids is 2. The van der Waals surface area contributed by atoms with Crippen molar-refractivity contribution in [3.8, 4) is 0 Å². The van der Waals surface area contributed by atoms with Crippen LogP contribution in [0, 0.1) is 5.82 Å². The molecule has 0 fully saturated rings. The van der Waals surface area contributed by atoms with Crippen molar-refractivity contribution < 1.29 is 14.0 Å². The molecule has 1 aromatic carbocycles. The third kappa shape index (κ3) is 6.24. The Bertz CT molecular complexity index is 409. The van der Waals surface area contributed by atoms with E-state index in [1.54, 1.807) is 0 Å². The lowest BCUT2D eigenvalue weighted by Crippen LogP contribution is -2.14. The first-order chi connectivity index (χ1) is 8.58. The van der Waals surface area contributed by atoms with Gasteiger partial charge in [-0.3, -0.25) is 9.59 Å². The fourth-order valence-electron chi connectivity index (χ4n) is 1.24. The van der Waals surface area contributed by atoms with Crippen LogP contribution in [0.15, 0.2) is 24.3 Å². The number of nitrogens with one attached hydrogen (secondary N) is 1. The standard InChI is InChI=1S/C12H15FN2O2S/c13-9-3-5-10(6-4-9)15-12(17)8-18-7-1-2-11(14)16/h3-6H,1-2,7-8H2,(H2,14,16)(H,15,17). The molecule has 0 aliphatic carbocycles. The zero-order valence-corrected chi connectivity index (χ0v) is 10.6. The molecule has 4 nitrogen and oxygen atoms in total. The fraction of sp³-hybridized carbons (Fsp3) is 0.333. The van der Waals surface area contributed by atoms with E-state index < -0.39 is 0 Å². The summed E-state index contributed by atoms with van der Waals surface area (Å²) in [6.45, 7) is 0. The molecule has 0 aliphatic heterocycles. The van der Waals surface area contributed by atoms with Gasteiger partial charge in [-0.25, -0.2) is 4.39 Å². The maximum Gasteiger partial charge on any atom is 0.234 e. The monoisotopic (exact) mass is 270 g/mol. The summed E-state index contributed by atoms with van der Waals surface area (Å²) in [7, 11) is 0. The first-order valence-electron chi connectivity index (χ1n) is 5.49. The van der Waals surface area contributed by atoms with E-state index in [1.165, 1.54) is 36.0 Å². The normalized spacial score (nSPS) is 10.1. The van der Waals surface area contributed by atoms with Crippen molar-refractivity contribution in [2.45, 2.75) is 12.8 Å². The second-order valence-electron chi connectivity index (χ2n) is 3.68. The van der Waals surface area contributed by atoms with Crippen molar-refractivity contribution in [1.29, 1.82) is 0 Å². The highest BCUT2D eigenvalue weighted by molar-refractivity contribution is 7.99. The number of halogens is 1. The number of hydrogen-bond acceptors (Lipinski definition) is 3. The topological polar surface area (TPSA) is 72.2 Å². The molecule has 0 saturated carbocycles. The second kappa shape index (κ2) is 7.71. The number of rotatable bonds is 7. The largest absolute Gasteiger partial charge is 0.370 e. The predicted molar refractivity (Wildman–Crippen MR) is 70.8 cm³/mol. The molecule has 0 aromatic heterocycles. The summed E-state index contributed by atoms with van der Waals surface area (Å²) in [5, 5.41) is 2.65. The zero-order chi connectivity index (χ0) is 13.4. The molecule has 0 unspecified atom stereocenters. The molecule has 0 heterocycles. The van der Waals surface area contributed by atoms with Gasteiger partial charge in [0, 0.05) is 12.1 Å². The van der Waals surface area contributed by atoms with Gasteiger partial charge in [0.15, 0.2) is 0 Å². The number of thioether (sulfide) groups is 1. The highest BCUT2D eigenvalue weighted by Crippen LogP contribution is 2.10. The third-order valence-corrected chi connectivity index (χ3v) is 3.12. The maximum atomic E-state index is 12.6. The Hall–Kier alpha value is -1.56. The molecular weight excluding hydrogens is 255 g/mol. The van der Waals surface area contributed by atoms with Gasteiger partial charge >= 0.3 is 0 Å². The summed E-state index contributed by atoms with van der Waals surface area (Å²) in [6.07, 6.45) is 1.01. The average Bonchev–Trinajstić information content (AvgIpc) is 2.31. The number of hydrogen-bond donors (Lipinski definition) is 2. The Balaban J connectivity index is 2.17. The quantitative estimate of drug-likeness (QED) is 0.742. The van der Waals surface area contributed by atoms with E-state index in [2.05, 4.69) is 5.32 Å². The first kappa shape index (κ1) is 14.5. The van der Waals surface area contributed by atoms with Crippen LogP contribution in [-0.2, 0) is 9.59 Å². The van der Waals surface area contributed by atoms with Crippen molar-refractivity contribution in [2.24, 2.45) is 5.73 Å². The van der Waals surface area contributed by atoms with E-state index in [9.17, 15) is 14.0 Å². The SMILES string of the molecule is NC(=O)CCCSCC(=O)Nc1ccc(F)cc1. The summed E-state index contributed by atoms with van der Waals surface area (Å²) in [6, 6.07) is 5.58. The highest BCUT2D eigenvalue weighted by atomic mass is 32.2. The van der Waals surface area contributed by atoms with E-state index in [0.29, 0.717) is 30.0 Å². The molecular formula is C12H15FN2O2S. The van der Waals surface area contributed by atoms with Crippen LogP contribution in [0.1, 0.15) is 12.8 Å². The van der Waals surface area contributed by atoms with Gasteiger partial charge in [-0.2, -0.15) is 11.8 Å². The molecule has 0 saturated heterocycles. The Labute approximate surface area is 109 Å². The Morgan fingerprint density at radius 2 is 1.94 bits per heavy atom. The van der Waals surface area contributed by atoms with Crippen LogP contribution >= 0.6 is 11.8 Å². The molecule has 1 rings (SSSR count). The van der Waals surface area contributed by atoms with Crippen LogP contribution in [0.2, 0.25) is 0 Å². The maximum absolute atomic E-state index is 12.6. The minimum atomic E-state index is -0.339.